The van der Waals surface area contributed by atoms with E-state index in [4.69, 9.17) is 0 Å². The molecular weight excluding hydrogens is 174 g/mol. The monoisotopic (exact) mass is 193 g/mol. The van der Waals surface area contributed by atoms with Crippen molar-refractivity contribution in [2.45, 2.75) is 31.9 Å². The van der Waals surface area contributed by atoms with Crippen LogP contribution in [0.25, 0.3) is 0 Å². The predicted octanol–water partition coefficient (Wildman–Crippen LogP) is 2.11. The van der Waals surface area contributed by atoms with E-state index in [0.717, 1.165) is 0 Å². The van der Waals surface area contributed by atoms with Crippen LogP contribution < -0.4 is 5.32 Å². The fourth-order valence-corrected chi connectivity index (χ4v) is 1.57. The van der Waals surface area contributed by atoms with Gasteiger partial charge in [-0.25, -0.2) is 0 Å². The lowest BCUT2D eigenvalue weighted by Crippen LogP contribution is -2.28. The van der Waals surface area contributed by atoms with Crippen molar-refractivity contribution in [3.8, 4) is 0 Å². The third-order valence-electron chi connectivity index (χ3n) is 2.25. The fraction of sp³-hybridized carbons (Fsp3) is 0.500. The minimum Gasteiger partial charge on any atom is -0.390 e. The Bertz CT molecular complexity index is 263. The summed E-state index contributed by atoms with van der Waals surface area (Å²) in [5.41, 5.74) is 0.584. The SMILES string of the molecule is CNC(CC(C)(C)O)c1ccccc1. The number of hydrogen-bond acceptors (Lipinski definition) is 2. The maximum atomic E-state index is 9.74. The van der Waals surface area contributed by atoms with E-state index in [0.29, 0.717) is 6.42 Å². The highest BCUT2D eigenvalue weighted by Gasteiger charge is 2.19. The van der Waals surface area contributed by atoms with E-state index in [1.165, 1.54) is 5.56 Å². The van der Waals surface area contributed by atoms with Crippen LogP contribution in [0.2, 0.25) is 0 Å². The normalized spacial score (nSPS) is 14.0. The van der Waals surface area contributed by atoms with Gasteiger partial charge in [-0.3, -0.25) is 0 Å². The van der Waals surface area contributed by atoms with Crippen molar-refractivity contribution in [1.29, 1.82) is 0 Å². The molecule has 0 amide bonds. The predicted molar refractivity (Wildman–Crippen MR) is 59.2 cm³/mol. The molecule has 0 aromatic heterocycles. The van der Waals surface area contributed by atoms with Crippen LogP contribution in [0.1, 0.15) is 31.9 Å². The van der Waals surface area contributed by atoms with Crippen molar-refractivity contribution in [3.63, 3.8) is 0 Å². The molecule has 1 atom stereocenters. The van der Waals surface area contributed by atoms with Gasteiger partial charge >= 0.3 is 0 Å². The third kappa shape index (κ3) is 3.48. The molecule has 1 unspecified atom stereocenters. The zero-order valence-electron chi connectivity index (χ0n) is 9.12. The maximum absolute atomic E-state index is 9.74. The van der Waals surface area contributed by atoms with Crippen molar-refractivity contribution >= 4 is 0 Å². The largest absolute Gasteiger partial charge is 0.390 e. The molecule has 0 heterocycles. The molecule has 0 saturated carbocycles. The van der Waals surface area contributed by atoms with E-state index in [2.05, 4.69) is 17.4 Å². The minimum atomic E-state index is -0.635. The number of benzene rings is 1. The van der Waals surface area contributed by atoms with Gasteiger partial charge in [0.15, 0.2) is 0 Å². The second kappa shape index (κ2) is 4.58. The molecule has 2 N–H and O–H groups in total. The molecule has 1 aromatic rings. The molecular formula is C12H19NO. The molecule has 2 nitrogen and oxygen atoms in total. The van der Waals surface area contributed by atoms with Crippen molar-refractivity contribution in [2.75, 3.05) is 7.05 Å². The molecule has 78 valence electrons. The Morgan fingerprint density at radius 2 is 1.86 bits per heavy atom. The number of hydrogen-bond donors (Lipinski definition) is 2. The number of nitrogens with one attached hydrogen (secondary N) is 1. The Hall–Kier alpha value is -0.860. The molecule has 14 heavy (non-hydrogen) atoms. The zero-order valence-corrected chi connectivity index (χ0v) is 9.12. The van der Waals surface area contributed by atoms with Crippen LogP contribution >= 0.6 is 0 Å². The van der Waals surface area contributed by atoms with Crippen molar-refractivity contribution in [3.05, 3.63) is 35.9 Å². The van der Waals surface area contributed by atoms with Gasteiger partial charge in [0.1, 0.15) is 0 Å². The molecule has 0 aliphatic carbocycles. The van der Waals surface area contributed by atoms with E-state index in [1.54, 1.807) is 0 Å². The average Bonchev–Trinajstić information content (AvgIpc) is 2.14. The molecule has 2 heteroatoms. The first-order valence-corrected chi connectivity index (χ1v) is 4.97. The van der Waals surface area contributed by atoms with E-state index in [9.17, 15) is 5.11 Å². The lowest BCUT2D eigenvalue weighted by molar-refractivity contribution is 0.0599. The summed E-state index contributed by atoms with van der Waals surface area (Å²) < 4.78 is 0. The summed E-state index contributed by atoms with van der Waals surface area (Å²) in [7, 11) is 1.92. The smallest absolute Gasteiger partial charge is 0.0609 e. The van der Waals surface area contributed by atoms with Crippen LogP contribution in [0, 0.1) is 0 Å². The van der Waals surface area contributed by atoms with E-state index < -0.39 is 5.60 Å². The quantitative estimate of drug-likeness (QED) is 0.767. The Morgan fingerprint density at radius 3 is 2.29 bits per heavy atom. The molecule has 0 radical (unpaired) electrons. The first kappa shape index (κ1) is 11.2. The Labute approximate surface area is 86.0 Å². The van der Waals surface area contributed by atoms with Gasteiger partial charge in [-0.2, -0.15) is 0 Å². The van der Waals surface area contributed by atoms with Gasteiger partial charge in [0.25, 0.3) is 0 Å². The molecule has 0 fully saturated rings. The van der Waals surface area contributed by atoms with Crippen molar-refractivity contribution in [2.24, 2.45) is 0 Å². The second-order valence-corrected chi connectivity index (χ2v) is 4.27. The summed E-state index contributed by atoms with van der Waals surface area (Å²) in [6.07, 6.45) is 0.716. The minimum absolute atomic E-state index is 0.219. The maximum Gasteiger partial charge on any atom is 0.0609 e. The first-order valence-electron chi connectivity index (χ1n) is 4.97. The van der Waals surface area contributed by atoms with E-state index >= 15 is 0 Å². The van der Waals surface area contributed by atoms with Crippen LogP contribution in [0.15, 0.2) is 30.3 Å². The summed E-state index contributed by atoms with van der Waals surface area (Å²) in [6.45, 7) is 3.67. The van der Waals surface area contributed by atoms with Crippen LogP contribution in [0.4, 0.5) is 0 Å². The Kier molecular flexibility index (Phi) is 3.67. The molecule has 0 bridgehead atoms. The second-order valence-electron chi connectivity index (χ2n) is 4.27. The van der Waals surface area contributed by atoms with Gasteiger partial charge < -0.3 is 10.4 Å². The molecule has 0 saturated heterocycles. The van der Waals surface area contributed by atoms with Crippen LogP contribution in [0.3, 0.4) is 0 Å². The molecule has 0 aliphatic rings. The highest BCUT2D eigenvalue weighted by atomic mass is 16.3. The molecule has 1 aromatic carbocycles. The highest BCUT2D eigenvalue weighted by Crippen LogP contribution is 2.22. The summed E-state index contributed by atoms with van der Waals surface area (Å²) in [5.74, 6) is 0. The summed E-state index contributed by atoms with van der Waals surface area (Å²) in [4.78, 5) is 0. The Morgan fingerprint density at radius 1 is 1.29 bits per heavy atom. The van der Waals surface area contributed by atoms with Gasteiger partial charge in [0.2, 0.25) is 0 Å². The lowest BCUT2D eigenvalue weighted by atomic mass is 9.94. The average molecular weight is 193 g/mol. The highest BCUT2D eigenvalue weighted by molar-refractivity contribution is 5.19. The van der Waals surface area contributed by atoms with Gasteiger partial charge in [-0.05, 0) is 32.9 Å². The third-order valence-corrected chi connectivity index (χ3v) is 2.25. The van der Waals surface area contributed by atoms with E-state index in [1.807, 2.05) is 39.1 Å². The van der Waals surface area contributed by atoms with Crippen molar-refractivity contribution in [1.82, 2.24) is 5.32 Å². The molecule has 0 spiro atoms. The van der Waals surface area contributed by atoms with Gasteiger partial charge in [-0.15, -0.1) is 0 Å². The first-order chi connectivity index (χ1) is 6.53. The number of aliphatic hydroxyl groups is 1. The van der Waals surface area contributed by atoms with Crippen molar-refractivity contribution < 1.29 is 5.11 Å². The standard InChI is InChI=1S/C12H19NO/c1-12(2,14)9-11(13-3)10-7-5-4-6-8-10/h4-8,11,13-14H,9H2,1-3H3. The summed E-state index contributed by atoms with van der Waals surface area (Å²) in [6, 6.07) is 10.4. The van der Waals surface area contributed by atoms with E-state index in [-0.39, 0.29) is 6.04 Å². The summed E-state index contributed by atoms with van der Waals surface area (Å²) in [5, 5.41) is 13.0. The van der Waals surface area contributed by atoms with Gasteiger partial charge in [-0.1, -0.05) is 30.3 Å². The lowest BCUT2D eigenvalue weighted by Gasteiger charge is -2.25. The topological polar surface area (TPSA) is 32.3 Å². The zero-order chi connectivity index (χ0) is 10.6. The van der Waals surface area contributed by atoms with Crippen LogP contribution in [-0.4, -0.2) is 17.8 Å². The van der Waals surface area contributed by atoms with Gasteiger partial charge in [0, 0.05) is 6.04 Å². The summed E-state index contributed by atoms with van der Waals surface area (Å²) >= 11 is 0. The van der Waals surface area contributed by atoms with Crippen LogP contribution in [0.5, 0.6) is 0 Å². The van der Waals surface area contributed by atoms with Gasteiger partial charge in [0.05, 0.1) is 5.60 Å². The van der Waals surface area contributed by atoms with Crippen LogP contribution in [-0.2, 0) is 0 Å². The fourth-order valence-electron chi connectivity index (χ4n) is 1.57. The molecule has 1 rings (SSSR count). The Balaban J connectivity index is 2.73. The molecule has 0 aliphatic heterocycles. The number of rotatable bonds is 4.